The van der Waals surface area contributed by atoms with Gasteiger partial charge in [-0.3, -0.25) is 0 Å². The first kappa shape index (κ1) is 4.37. The second-order valence-electron chi connectivity index (χ2n) is 1.37. The first-order chi connectivity index (χ1) is 3.39. The van der Waals surface area contributed by atoms with E-state index in [0.29, 0.717) is 0 Å². The normalized spacial score (nSPS) is 18.1. The summed E-state index contributed by atoms with van der Waals surface area (Å²) in [5.41, 5.74) is 3.57. The molecule has 7 heavy (non-hydrogen) atoms. The molecule has 1 radical (unpaired) electrons. The molecule has 0 atom stereocenters. The van der Waals surface area contributed by atoms with E-state index in [2.05, 4.69) is 17.5 Å². The van der Waals surface area contributed by atoms with Crippen molar-refractivity contribution in [2.24, 2.45) is 5.10 Å². The summed E-state index contributed by atoms with van der Waals surface area (Å²) in [6.45, 7) is 4.43. The van der Waals surface area contributed by atoms with Crippen LogP contribution in [0.25, 0.3) is 0 Å². The quantitative estimate of drug-likeness (QED) is 0.461. The van der Waals surface area contributed by atoms with Gasteiger partial charge in [0.05, 0.1) is 12.3 Å². The molecule has 0 bridgehead atoms. The molecular weight excluding hydrogens is 88.1 g/mol. The zero-order valence-corrected chi connectivity index (χ0v) is 4.02. The zero-order chi connectivity index (χ0) is 5.11. The highest BCUT2D eigenvalue weighted by Crippen LogP contribution is 1.82. The maximum Gasteiger partial charge on any atom is 0.0604 e. The van der Waals surface area contributed by atoms with E-state index in [0.717, 1.165) is 12.3 Å². The Labute approximate surface area is 42.9 Å². The molecule has 1 heterocycles. The fourth-order valence-electron chi connectivity index (χ4n) is 0.432. The molecule has 0 amide bonds. The number of allylic oxidation sites excluding steroid dienone is 1. The van der Waals surface area contributed by atoms with Crippen molar-refractivity contribution in [3.63, 3.8) is 0 Å². The van der Waals surface area contributed by atoms with Crippen LogP contribution in [0, 0.1) is 6.92 Å². The summed E-state index contributed by atoms with van der Waals surface area (Å²) in [6.07, 6.45) is 3.87. The van der Waals surface area contributed by atoms with E-state index in [1.165, 1.54) is 0 Å². The molecule has 1 aliphatic rings. The van der Waals surface area contributed by atoms with Crippen molar-refractivity contribution < 1.29 is 0 Å². The number of nitrogens with one attached hydrogen (secondary N) is 1. The van der Waals surface area contributed by atoms with E-state index in [4.69, 9.17) is 0 Å². The fraction of sp³-hybridized carbons (Fsp3) is 0.200. The predicted octanol–water partition coefficient (Wildman–Crippen LogP) is 0.336. The summed E-state index contributed by atoms with van der Waals surface area (Å²) < 4.78 is 0. The third-order valence-corrected chi connectivity index (χ3v) is 0.742. The van der Waals surface area contributed by atoms with Crippen molar-refractivity contribution in [1.82, 2.24) is 5.43 Å². The van der Waals surface area contributed by atoms with Crippen LogP contribution in [0.1, 0.15) is 0 Å². The zero-order valence-electron chi connectivity index (χ0n) is 4.02. The van der Waals surface area contributed by atoms with E-state index < -0.39 is 0 Å². The molecule has 2 heteroatoms. The highest BCUT2D eigenvalue weighted by molar-refractivity contribution is 5.98. The molecule has 0 saturated heterocycles. The van der Waals surface area contributed by atoms with Crippen molar-refractivity contribution >= 4 is 5.71 Å². The second-order valence-corrected chi connectivity index (χ2v) is 1.37. The summed E-state index contributed by atoms with van der Waals surface area (Å²) >= 11 is 0. The molecular formula is C5H7N2. The largest absolute Gasteiger partial charge is 0.306 e. The van der Waals surface area contributed by atoms with Gasteiger partial charge in [0.25, 0.3) is 0 Å². The standard InChI is InChI=1S/C5H7N2/c1-5-3-2-4-6-7-5/h2-3,6H,1,4H2. The number of hydrogen-bond donors (Lipinski definition) is 1. The second kappa shape index (κ2) is 1.78. The molecule has 2 nitrogen and oxygen atoms in total. The van der Waals surface area contributed by atoms with Gasteiger partial charge in [0.15, 0.2) is 0 Å². The van der Waals surface area contributed by atoms with Gasteiger partial charge in [-0.15, -0.1) is 0 Å². The van der Waals surface area contributed by atoms with Gasteiger partial charge in [0.1, 0.15) is 0 Å². The number of rotatable bonds is 0. The van der Waals surface area contributed by atoms with E-state index in [-0.39, 0.29) is 0 Å². The van der Waals surface area contributed by atoms with Gasteiger partial charge < -0.3 is 5.43 Å². The molecule has 0 saturated carbocycles. The van der Waals surface area contributed by atoms with Gasteiger partial charge in [-0.25, -0.2) is 0 Å². The Hall–Kier alpha value is -0.790. The van der Waals surface area contributed by atoms with E-state index >= 15 is 0 Å². The molecule has 1 rings (SSSR count). The number of hydrazone groups is 1. The summed E-state index contributed by atoms with van der Waals surface area (Å²) in [7, 11) is 0. The highest BCUT2D eigenvalue weighted by atomic mass is 15.3. The molecule has 0 fully saturated rings. The average Bonchev–Trinajstić information content (AvgIpc) is 1.69. The summed E-state index contributed by atoms with van der Waals surface area (Å²) in [6, 6.07) is 0. The highest BCUT2D eigenvalue weighted by Gasteiger charge is 1.85. The third-order valence-electron chi connectivity index (χ3n) is 0.742. The molecule has 0 aliphatic carbocycles. The molecule has 0 aromatic carbocycles. The Morgan fingerprint density at radius 1 is 1.86 bits per heavy atom. The van der Waals surface area contributed by atoms with E-state index in [1.54, 1.807) is 0 Å². The van der Waals surface area contributed by atoms with E-state index in [9.17, 15) is 0 Å². The molecule has 0 aromatic rings. The maximum absolute atomic E-state index is 3.80. The lowest BCUT2D eigenvalue weighted by Gasteiger charge is -1.99. The van der Waals surface area contributed by atoms with Crippen LogP contribution in [0.5, 0.6) is 0 Å². The Bertz CT molecular complexity index is 113. The van der Waals surface area contributed by atoms with Crippen molar-refractivity contribution in [1.29, 1.82) is 0 Å². The monoisotopic (exact) mass is 95.1 g/mol. The van der Waals surface area contributed by atoms with Crippen molar-refractivity contribution in [2.75, 3.05) is 6.54 Å². The molecule has 0 aromatic heterocycles. The Kier molecular flexibility index (Phi) is 1.11. The minimum Gasteiger partial charge on any atom is -0.306 e. The van der Waals surface area contributed by atoms with Crippen LogP contribution < -0.4 is 5.43 Å². The van der Waals surface area contributed by atoms with Crippen molar-refractivity contribution in [2.45, 2.75) is 0 Å². The Morgan fingerprint density at radius 3 is 3.00 bits per heavy atom. The average molecular weight is 95.1 g/mol. The lowest BCUT2D eigenvalue weighted by atomic mass is 10.3. The van der Waals surface area contributed by atoms with Gasteiger partial charge >= 0.3 is 0 Å². The van der Waals surface area contributed by atoms with Gasteiger partial charge in [-0.2, -0.15) is 5.10 Å². The molecule has 37 valence electrons. The van der Waals surface area contributed by atoms with Gasteiger partial charge in [-0.1, -0.05) is 6.08 Å². The van der Waals surface area contributed by atoms with Gasteiger partial charge in [-0.05, 0) is 13.0 Å². The summed E-state index contributed by atoms with van der Waals surface area (Å²) in [5, 5.41) is 3.80. The van der Waals surface area contributed by atoms with Gasteiger partial charge in [0, 0.05) is 0 Å². The van der Waals surface area contributed by atoms with Crippen LogP contribution in [0.3, 0.4) is 0 Å². The van der Waals surface area contributed by atoms with Crippen LogP contribution in [-0.4, -0.2) is 12.3 Å². The van der Waals surface area contributed by atoms with Crippen molar-refractivity contribution in [3.05, 3.63) is 19.1 Å². The first-order valence-electron chi connectivity index (χ1n) is 2.18. The van der Waals surface area contributed by atoms with Gasteiger partial charge in [0.2, 0.25) is 0 Å². The molecule has 0 spiro atoms. The Morgan fingerprint density at radius 2 is 2.71 bits per heavy atom. The number of hydrogen-bond acceptors (Lipinski definition) is 2. The van der Waals surface area contributed by atoms with Crippen LogP contribution in [0.2, 0.25) is 0 Å². The van der Waals surface area contributed by atoms with Crippen LogP contribution in [0.15, 0.2) is 17.3 Å². The minimum atomic E-state index is 0.797. The van der Waals surface area contributed by atoms with Crippen LogP contribution in [-0.2, 0) is 0 Å². The van der Waals surface area contributed by atoms with Crippen LogP contribution in [0.4, 0.5) is 0 Å². The van der Waals surface area contributed by atoms with E-state index in [1.807, 2.05) is 12.2 Å². The fourth-order valence-corrected chi connectivity index (χ4v) is 0.432. The minimum absolute atomic E-state index is 0.797. The lowest BCUT2D eigenvalue weighted by molar-refractivity contribution is 0.818. The first-order valence-corrected chi connectivity index (χ1v) is 2.18. The smallest absolute Gasteiger partial charge is 0.0604 e. The topological polar surface area (TPSA) is 24.4 Å². The molecule has 1 N–H and O–H groups in total. The molecule has 1 aliphatic heterocycles. The summed E-state index contributed by atoms with van der Waals surface area (Å²) in [4.78, 5) is 0. The van der Waals surface area contributed by atoms with Crippen LogP contribution >= 0.6 is 0 Å². The third kappa shape index (κ3) is 1.03. The maximum atomic E-state index is 3.80. The SMILES string of the molecule is [CH2]C1=NNCC=C1. The lowest BCUT2D eigenvalue weighted by Crippen LogP contribution is -2.11. The summed E-state index contributed by atoms with van der Waals surface area (Å²) in [5.74, 6) is 0. The number of nitrogens with zero attached hydrogens (tertiary/aromatic N) is 1. The van der Waals surface area contributed by atoms with Crippen molar-refractivity contribution in [3.8, 4) is 0 Å². The Balaban J connectivity index is 2.58. The predicted molar refractivity (Wildman–Crippen MR) is 29.9 cm³/mol. The molecule has 0 unspecified atom stereocenters.